The summed E-state index contributed by atoms with van der Waals surface area (Å²) in [5, 5.41) is 12.4. The van der Waals surface area contributed by atoms with E-state index >= 15 is 0 Å². The van der Waals surface area contributed by atoms with Crippen LogP contribution in [-0.2, 0) is 13.0 Å². The Hall–Kier alpha value is -0.650. The first kappa shape index (κ1) is 14.8. The molecule has 0 radical (unpaired) electrons. The molecule has 2 aromatic heterocycles. The molecule has 2 heterocycles. The van der Waals surface area contributed by atoms with Crippen molar-refractivity contribution in [2.75, 3.05) is 6.54 Å². The fraction of sp³-hybridized carbons (Fsp3) is 0.500. The molecule has 0 spiro atoms. The molecule has 5 heteroatoms. The fourth-order valence-electron chi connectivity index (χ4n) is 2.20. The van der Waals surface area contributed by atoms with Gasteiger partial charge < -0.3 is 5.32 Å². The third-order valence-corrected chi connectivity index (χ3v) is 4.47. The average molecular weight is 342 g/mol. The summed E-state index contributed by atoms with van der Waals surface area (Å²) in [4.78, 5) is 0. The van der Waals surface area contributed by atoms with Crippen LogP contribution in [0.25, 0.3) is 0 Å². The molecule has 1 N–H and O–H groups in total. The molecule has 0 aliphatic carbocycles. The van der Waals surface area contributed by atoms with Crippen molar-refractivity contribution in [3.63, 3.8) is 0 Å². The van der Waals surface area contributed by atoms with Gasteiger partial charge in [-0.15, -0.1) is 0 Å². The fourth-order valence-corrected chi connectivity index (χ4v) is 3.45. The second-order valence-electron chi connectivity index (χ2n) is 4.54. The van der Waals surface area contributed by atoms with Crippen molar-refractivity contribution in [1.29, 1.82) is 0 Å². The molecule has 0 saturated carbocycles. The van der Waals surface area contributed by atoms with Crippen molar-refractivity contribution in [2.24, 2.45) is 0 Å². The van der Waals surface area contributed by atoms with Crippen molar-refractivity contribution in [1.82, 2.24) is 15.1 Å². The average Bonchev–Trinajstić information content (AvgIpc) is 3.04. The van der Waals surface area contributed by atoms with Crippen molar-refractivity contribution in [3.05, 3.63) is 38.8 Å². The van der Waals surface area contributed by atoms with Crippen LogP contribution in [0.4, 0.5) is 0 Å². The minimum Gasteiger partial charge on any atom is -0.308 e. The molecule has 0 fully saturated rings. The smallest absolute Gasteiger partial charge is 0.0698 e. The van der Waals surface area contributed by atoms with E-state index in [0.717, 1.165) is 30.4 Å². The molecular weight excluding hydrogens is 322 g/mol. The molecule has 2 aromatic rings. The number of halogens is 1. The van der Waals surface area contributed by atoms with Gasteiger partial charge in [0.2, 0.25) is 0 Å². The molecule has 1 unspecified atom stereocenters. The quantitative estimate of drug-likeness (QED) is 0.824. The first-order chi connectivity index (χ1) is 9.26. The lowest BCUT2D eigenvalue weighted by Gasteiger charge is -2.20. The van der Waals surface area contributed by atoms with Crippen LogP contribution in [0, 0.1) is 0 Å². The number of aromatic nitrogens is 2. The van der Waals surface area contributed by atoms with Gasteiger partial charge in [0.15, 0.2) is 0 Å². The summed E-state index contributed by atoms with van der Waals surface area (Å²) in [5.41, 5.74) is 2.64. The van der Waals surface area contributed by atoms with Crippen molar-refractivity contribution >= 4 is 27.3 Å². The molecule has 1 atom stereocenters. The highest BCUT2D eigenvalue weighted by Gasteiger charge is 2.19. The molecule has 0 aliphatic rings. The van der Waals surface area contributed by atoms with E-state index in [1.165, 1.54) is 11.3 Å². The largest absolute Gasteiger partial charge is 0.308 e. The van der Waals surface area contributed by atoms with Gasteiger partial charge in [0, 0.05) is 6.54 Å². The van der Waals surface area contributed by atoms with Crippen molar-refractivity contribution < 1.29 is 0 Å². The van der Waals surface area contributed by atoms with Gasteiger partial charge in [0.1, 0.15) is 0 Å². The van der Waals surface area contributed by atoms with E-state index in [-0.39, 0.29) is 0 Å². The standard InChI is InChI=1S/C14H20BrN3S/c1-3-6-16-13(8-11-5-7-19-10-11)14-12(15)9-17-18(14)4-2/h5,7,9-10,13,16H,3-4,6,8H2,1-2H3. The maximum absolute atomic E-state index is 4.42. The Morgan fingerprint density at radius 2 is 2.32 bits per heavy atom. The van der Waals surface area contributed by atoms with E-state index in [1.807, 2.05) is 6.20 Å². The molecular formula is C14H20BrN3S. The molecule has 0 bridgehead atoms. The second-order valence-corrected chi connectivity index (χ2v) is 6.17. The number of rotatable bonds is 7. The zero-order valence-electron chi connectivity index (χ0n) is 11.4. The predicted octanol–water partition coefficient (Wildman–Crippen LogP) is 4.01. The topological polar surface area (TPSA) is 29.9 Å². The van der Waals surface area contributed by atoms with E-state index in [0.29, 0.717) is 6.04 Å². The highest BCUT2D eigenvalue weighted by atomic mass is 79.9. The number of hydrogen-bond donors (Lipinski definition) is 1. The van der Waals surface area contributed by atoms with E-state index in [9.17, 15) is 0 Å². The lowest BCUT2D eigenvalue weighted by molar-refractivity contribution is 0.477. The van der Waals surface area contributed by atoms with Crippen LogP contribution in [-0.4, -0.2) is 16.3 Å². The van der Waals surface area contributed by atoms with Gasteiger partial charge in [0.25, 0.3) is 0 Å². The zero-order chi connectivity index (χ0) is 13.7. The maximum atomic E-state index is 4.42. The Labute approximate surface area is 127 Å². The molecule has 3 nitrogen and oxygen atoms in total. The van der Waals surface area contributed by atoms with Crippen molar-refractivity contribution in [2.45, 2.75) is 39.3 Å². The van der Waals surface area contributed by atoms with E-state index in [1.54, 1.807) is 11.3 Å². The summed E-state index contributed by atoms with van der Waals surface area (Å²) in [7, 11) is 0. The molecule has 104 valence electrons. The van der Waals surface area contributed by atoms with Gasteiger partial charge in [-0.05, 0) is 64.6 Å². The van der Waals surface area contributed by atoms with E-state index in [4.69, 9.17) is 0 Å². The molecule has 0 aromatic carbocycles. The van der Waals surface area contributed by atoms with Crippen LogP contribution in [0.5, 0.6) is 0 Å². The third kappa shape index (κ3) is 3.68. The van der Waals surface area contributed by atoms with Gasteiger partial charge in [-0.25, -0.2) is 0 Å². The Morgan fingerprint density at radius 3 is 2.95 bits per heavy atom. The number of nitrogens with one attached hydrogen (secondary N) is 1. The van der Waals surface area contributed by atoms with Gasteiger partial charge in [-0.2, -0.15) is 16.4 Å². The number of thiophene rings is 1. The summed E-state index contributed by atoms with van der Waals surface area (Å²) in [5.74, 6) is 0. The van der Waals surface area contributed by atoms with E-state index in [2.05, 4.69) is 61.7 Å². The van der Waals surface area contributed by atoms with Crippen LogP contribution in [0.3, 0.4) is 0 Å². The minimum atomic E-state index is 0.311. The first-order valence-corrected chi connectivity index (χ1v) is 8.45. The summed E-state index contributed by atoms with van der Waals surface area (Å²) in [6.07, 6.45) is 4.04. The Kier molecular flexibility index (Phi) is 5.60. The highest BCUT2D eigenvalue weighted by molar-refractivity contribution is 9.10. The number of hydrogen-bond acceptors (Lipinski definition) is 3. The zero-order valence-corrected chi connectivity index (χ0v) is 13.8. The summed E-state index contributed by atoms with van der Waals surface area (Å²) >= 11 is 5.39. The molecule has 19 heavy (non-hydrogen) atoms. The normalized spacial score (nSPS) is 12.8. The van der Waals surface area contributed by atoms with Crippen LogP contribution in [0.2, 0.25) is 0 Å². The monoisotopic (exact) mass is 341 g/mol. The molecule has 0 amide bonds. The summed E-state index contributed by atoms with van der Waals surface area (Å²) in [6, 6.07) is 2.51. The van der Waals surface area contributed by atoms with Gasteiger partial charge in [0.05, 0.1) is 22.4 Å². The molecule has 0 saturated heterocycles. The van der Waals surface area contributed by atoms with Crippen molar-refractivity contribution in [3.8, 4) is 0 Å². The first-order valence-electron chi connectivity index (χ1n) is 6.71. The minimum absolute atomic E-state index is 0.311. The molecule has 2 rings (SSSR count). The van der Waals surface area contributed by atoms with Gasteiger partial charge >= 0.3 is 0 Å². The summed E-state index contributed by atoms with van der Waals surface area (Å²) < 4.78 is 3.17. The SMILES string of the molecule is CCCNC(Cc1ccsc1)c1c(Br)cnn1CC. The Balaban J connectivity index is 2.23. The molecule has 0 aliphatic heterocycles. The Bertz CT molecular complexity index is 493. The van der Waals surface area contributed by atoms with Crippen LogP contribution < -0.4 is 5.32 Å². The number of aryl methyl sites for hydroxylation is 1. The second kappa shape index (κ2) is 7.22. The van der Waals surface area contributed by atoms with Crippen LogP contribution in [0.15, 0.2) is 27.5 Å². The number of nitrogens with zero attached hydrogens (tertiary/aromatic N) is 2. The van der Waals surface area contributed by atoms with Crippen LogP contribution in [0.1, 0.15) is 37.6 Å². The van der Waals surface area contributed by atoms with E-state index < -0.39 is 0 Å². The predicted molar refractivity (Wildman–Crippen MR) is 84.7 cm³/mol. The lowest BCUT2D eigenvalue weighted by Crippen LogP contribution is -2.26. The maximum Gasteiger partial charge on any atom is 0.0698 e. The lowest BCUT2D eigenvalue weighted by atomic mass is 10.1. The third-order valence-electron chi connectivity index (χ3n) is 3.12. The van der Waals surface area contributed by atoms with Gasteiger partial charge in [-0.1, -0.05) is 6.92 Å². The van der Waals surface area contributed by atoms with Crippen LogP contribution >= 0.6 is 27.3 Å². The summed E-state index contributed by atoms with van der Waals surface area (Å²) in [6.45, 7) is 6.25. The van der Waals surface area contributed by atoms with Gasteiger partial charge in [-0.3, -0.25) is 4.68 Å². The highest BCUT2D eigenvalue weighted by Crippen LogP contribution is 2.27. The Morgan fingerprint density at radius 1 is 1.47 bits per heavy atom.